The number of anilines is 1. The standard InChI is InChI=1S/C18H16N4O2S/c23-17(11-25-18-19-12-20-21-18)22-14-8-4-5-9-16(14)24-10-15(22)13-6-2-1-3-7-13/h1-9,12,15H,10-11H2,(H,19,20,21). The Bertz CT molecular complexity index is 855. The van der Waals surface area contributed by atoms with E-state index in [0.29, 0.717) is 11.8 Å². The quantitative estimate of drug-likeness (QED) is 0.731. The molecular formula is C18H16N4O2S. The summed E-state index contributed by atoms with van der Waals surface area (Å²) in [4.78, 5) is 18.9. The van der Waals surface area contributed by atoms with E-state index in [4.69, 9.17) is 4.74 Å². The van der Waals surface area contributed by atoms with E-state index in [2.05, 4.69) is 15.2 Å². The minimum Gasteiger partial charge on any atom is -0.489 e. The van der Waals surface area contributed by atoms with Crippen molar-refractivity contribution in [3.63, 3.8) is 0 Å². The fraction of sp³-hybridized carbons (Fsp3) is 0.167. The van der Waals surface area contributed by atoms with Crippen LogP contribution in [0.1, 0.15) is 11.6 Å². The van der Waals surface area contributed by atoms with Crippen LogP contribution in [0.2, 0.25) is 0 Å². The van der Waals surface area contributed by atoms with Gasteiger partial charge in [0.15, 0.2) is 5.16 Å². The minimum atomic E-state index is -0.154. The van der Waals surface area contributed by atoms with E-state index >= 15 is 0 Å². The lowest BCUT2D eigenvalue weighted by Gasteiger charge is -2.37. The second-order valence-electron chi connectivity index (χ2n) is 5.55. The Morgan fingerprint density at radius 3 is 2.80 bits per heavy atom. The molecule has 126 valence electrons. The zero-order valence-corrected chi connectivity index (χ0v) is 14.1. The van der Waals surface area contributed by atoms with Gasteiger partial charge in [-0.1, -0.05) is 54.2 Å². The van der Waals surface area contributed by atoms with Crippen LogP contribution in [0.3, 0.4) is 0 Å². The number of ether oxygens (including phenoxy) is 1. The Balaban J connectivity index is 1.64. The van der Waals surface area contributed by atoms with Gasteiger partial charge in [0, 0.05) is 0 Å². The summed E-state index contributed by atoms with van der Waals surface area (Å²) in [6, 6.07) is 17.4. The zero-order valence-electron chi connectivity index (χ0n) is 13.3. The summed E-state index contributed by atoms with van der Waals surface area (Å²) >= 11 is 1.34. The molecule has 7 heteroatoms. The van der Waals surface area contributed by atoms with Crippen LogP contribution in [0.4, 0.5) is 5.69 Å². The van der Waals surface area contributed by atoms with Crippen molar-refractivity contribution in [3.05, 3.63) is 66.5 Å². The van der Waals surface area contributed by atoms with E-state index in [1.165, 1.54) is 18.1 Å². The van der Waals surface area contributed by atoms with Crippen molar-refractivity contribution < 1.29 is 9.53 Å². The van der Waals surface area contributed by atoms with Crippen molar-refractivity contribution in [2.45, 2.75) is 11.2 Å². The first-order valence-corrected chi connectivity index (χ1v) is 8.88. The largest absolute Gasteiger partial charge is 0.489 e. The average Bonchev–Trinajstić information content (AvgIpc) is 3.19. The van der Waals surface area contributed by atoms with E-state index in [1.54, 1.807) is 0 Å². The van der Waals surface area contributed by atoms with Gasteiger partial charge < -0.3 is 4.74 Å². The molecule has 1 unspecified atom stereocenters. The number of aromatic nitrogens is 3. The van der Waals surface area contributed by atoms with Crippen LogP contribution in [0.15, 0.2) is 66.1 Å². The highest BCUT2D eigenvalue weighted by Crippen LogP contribution is 2.39. The highest BCUT2D eigenvalue weighted by molar-refractivity contribution is 7.99. The van der Waals surface area contributed by atoms with Gasteiger partial charge in [-0.3, -0.25) is 14.8 Å². The Labute approximate surface area is 149 Å². The third-order valence-electron chi connectivity index (χ3n) is 4.01. The lowest BCUT2D eigenvalue weighted by molar-refractivity contribution is -0.117. The van der Waals surface area contributed by atoms with Crippen LogP contribution in [0.25, 0.3) is 0 Å². The Kier molecular flexibility index (Phi) is 4.39. The zero-order chi connectivity index (χ0) is 17.1. The Hall–Kier alpha value is -2.80. The molecule has 0 saturated carbocycles. The highest BCUT2D eigenvalue weighted by Gasteiger charge is 2.33. The Morgan fingerprint density at radius 1 is 1.20 bits per heavy atom. The van der Waals surface area contributed by atoms with Crippen molar-refractivity contribution in [1.29, 1.82) is 0 Å². The van der Waals surface area contributed by atoms with Crippen molar-refractivity contribution in [3.8, 4) is 5.75 Å². The number of amides is 1. The molecule has 3 aromatic rings. The van der Waals surface area contributed by atoms with Crippen LogP contribution in [-0.2, 0) is 4.79 Å². The summed E-state index contributed by atoms with van der Waals surface area (Å²) in [6.07, 6.45) is 1.43. The number of thioether (sulfide) groups is 1. The number of hydrogen-bond donors (Lipinski definition) is 1. The fourth-order valence-corrected chi connectivity index (χ4v) is 3.52. The number of nitrogens with one attached hydrogen (secondary N) is 1. The molecule has 25 heavy (non-hydrogen) atoms. The van der Waals surface area contributed by atoms with E-state index in [9.17, 15) is 4.79 Å². The van der Waals surface area contributed by atoms with Crippen LogP contribution in [-0.4, -0.2) is 33.4 Å². The van der Waals surface area contributed by atoms with Gasteiger partial charge in [0.2, 0.25) is 5.91 Å². The monoisotopic (exact) mass is 352 g/mol. The fourth-order valence-electron chi connectivity index (χ4n) is 2.88. The van der Waals surface area contributed by atoms with E-state index in [1.807, 2.05) is 59.5 Å². The number of benzene rings is 2. The predicted molar refractivity (Wildman–Crippen MR) is 95.7 cm³/mol. The molecule has 6 nitrogen and oxygen atoms in total. The molecule has 4 rings (SSSR count). The summed E-state index contributed by atoms with van der Waals surface area (Å²) in [5, 5.41) is 7.20. The number of nitrogens with zero attached hydrogens (tertiary/aromatic N) is 3. The SMILES string of the molecule is O=C(CSc1ncn[nH]1)N1c2ccccc2OCC1c1ccccc1. The lowest BCUT2D eigenvalue weighted by Crippen LogP contribution is -2.42. The first-order chi connectivity index (χ1) is 12.3. The van der Waals surface area contributed by atoms with Gasteiger partial charge in [0.05, 0.1) is 17.5 Å². The smallest absolute Gasteiger partial charge is 0.238 e. The van der Waals surface area contributed by atoms with Gasteiger partial charge in [0.1, 0.15) is 18.7 Å². The Morgan fingerprint density at radius 2 is 2.00 bits per heavy atom. The molecule has 2 aromatic carbocycles. The lowest BCUT2D eigenvalue weighted by atomic mass is 10.0. The van der Waals surface area contributed by atoms with E-state index in [-0.39, 0.29) is 17.7 Å². The average molecular weight is 352 g/mol. The number of hydrogen-bond acceptors (Lipinski definition) is 5. The van der Waals surface area contributed by atoms with Gasteiger partial charge in [-0.25, -0.2) is 4.98 Å². The highest BCUT2D eigenvalue weighted by atomic mass is 32.2. The molecular weight excluding hydrogens is 336 g/mol. The summed E-state index contributed by atoms with van der Waals surface area (Å²) in [7, 11) is 0. The molecule has 1 aromatic heterocycles. The summed E-state index contributed by atoms with van der Waals surface area (Å²) in [5.41, 5.74) is 1.85. The summed E-state index contributed by atoms with van der Waals surface area (Å²) in [6.45, 7) is 0.430. The maximum Gasteiger partial charge on any atom is 0.238 e. The molecule has 1 N–H and O–H groups in total. The number of H-pyrrole nitrogens is 1. The van der Waals surface area contributed by atoms with Crippen LogP contribution < -0.4 is 9.64 Å². The predicted octanol–water partition coefficient (Wildman–Crippen LogP) is 3.06. The van der Waals surface area contributed by atoms with Gasteiger partial charge >= 0.3 is 0 Å². The summed E-state index contributed by atoms with van der Waals surface area (Å²) < 4.78 is 5.89. The molecule has 1 aliphatic heterocycles. The molecule has 0 radical (unpaired) electrons. The molecule has 0 aliphatic carbocycles. The van der Waals surface area contributed by atoms with Crippen molar-refractivity contribution in [2.24, 2.45) is 0 Å². The molecule has 0 fully saturated rings. The number of aromatic amines is 1. The van der Waals surface area contributed by atoms with Gasteiger partial charge in [-0.15, -0.1) is 0 Å². The number of rotatable bonds is 4. The molecule has 1 amide bonds. The first kappa shape index (κ1) is 15.7. The number of fused-ring (bicyclic) bond motifs is 1. The van der Waals surface area contributed by atoms with Gasteiger partial charge in [-0.05, 0) is 17.7 Å². The number of carbonyl (C=O) groups is 1. The maximum atomic E-state index is 13.0. The normalized spacial score (nSPS) is 16.2. The van der Waals surface area contributed by atoms with Crippen LogP contribution in [0.5, 0.6) is 5.75 Å². The molecule has 0 saturated heterocycles. The van der Waals surface area contributed by atoms with Crippen LogP contribution >= 0.6 is 11.8 Å². The molecule has 0 spiro atoms. The maximum absolute atomic E-state index is 13.0. The van der Waals surface area contributed by atoms with Crippen molar-refractivity contribution in [2.75, 3.05) is 17.3 Å². The molecule has 1 aliphatic rings. The first-order valence-electron chi connectivity index (χ1n) is 7.90. The van der Waals surface area contributed by atoms with Crippen molar-refractivity contribution >= 4 is 23.4 Å². The van der Waals surface area contributed by atoms with Gasteiger partial charge in [0.25, 0.3) is 0 Å². The number of para-hydroxylation sites is 2. The second kappa shape index (κ2) is 6.98. The van der Waals surface area contributed by atoms with Crippen molar-refractivity contribution in [1.82, 2.24) is 15.2 Å². The van der Waals surface area contributed by atoms with E-state index < -0.39 is 0 Å². The summed E-state index contributed by atoms with van der Waals surface area (Å²) in [5.74, 6) is 1.01. The molecule has 1 atom stereocenters. The third kappa shape index (κ3) is 3.23. The van der Waals surface area contributed by atoms with Gasteiger partial charge in [-0.2, -0.15) is 5.10 Å². The number of carbonyl (C=O) groups excluding carboxylic acids is 1. The minimum absolute atomic E-state index is 0.00556. The second-order valence-corrected chi connectivity index (χ2v) is 6.51. The topological polar surface area (TPSA) is 71.1 Å². The van der Waals surface area contributed by atoms with Crippen LogP contribution in [0, 0.1) is 0 Å². The third-order valence-corrected chi connectivity index (χ3v) is 4.87. The molecule has 2 heterocycles. The van der Waals surface area contributed by atoms with E-state index in [0.717, 1.165) is 17.0 Å². The molecule has 0 bridgehead atoms.